The molecule has 0 saturated carbocycles. The molecule has 0 aliphatic carbocycles. The lowest BCUT2D eigenvalue weighted by Gasteiger charge is -2.08. The van der Waals surface area contributed by atoms with Crippen molar-refractivity contribution in [3.63, 3.8) is 0 Å². The van der Waals surface area contributed by atoms with Crippen molar-refractivity contribution in [3.05, 3.63) is 47.0 Å². The lowest BCUT2D eigenvalue weighted by molar-refractivity contribution is 0.445. The van der Waals surface area contributed by atoms with Crippen LogP contribution >= 0.6 is 0 Å². The van der Waals surface area contributed by atoms with Crippen molar-refractivity contribution in [2.45, 2.75) is 13.8 Å². The van der Waals surface area contributed by atoms with E-state index in [1.807, 2.05) is 0 Å². The Morgan fingerprint density at radius 3 is 2.43 bits per heavy atom. The fourth-order valence-electron chi connectivity index (χ4n) is 1.21. The average Bonchev–Trinajstić information content (AvgIpc) is 2.10. The molecule has 2 N–H and O–H groups in total. The van der Waals surface area contributed by atoms with Crippen LogP contribution in [0.3, 0.4) is 0 Å². The largest absolute Gasteiger partial charge is 0.506 e. The van der Waals surface area contributed by atoms with Crippen LogP contribution in [0.1, 0.15) is 16.7 Å². The van der Waals surface area contributed by atoms with Gasteiger partial charge >= 0.3 is 0 Å². The van der Waals surface area contributed by atoms with Gasteiger partial charge in [0.2, 0.25) is 0 Å². The number of aliphatic hydroxyl groups excluding tert-OH is 1. The highest BCUT2D eigenvalue weighted by Gasteiger charge is 2.10. The molecule has 0 bridgehead atoms. The van der Waals surface area contributed by atoms with E-state index >= 15 is 0 Å². The van der Waals surface area contributed by atoms with Crippen LogP contribution in [0.4, 0.5) is 4.39 Å². The van der Waals surface area contributed by atoms with E-state index in [1.165, 1.54) is 12.1 Å². The molecule has 0 heterocycles. The van der Waals surface area contributed by atoms with Crippen molar-refractivity contribution >= 4 is 5.71 Å². The van der Waals surface area contributed by atoms with Crippen LogP contribution in [0.15, 0.2) is 24.5 Å². The van der Waals surface area contributed by atoms with Crippen LogP contribution in [-0.4, -0.2) is 10.8 Å². The first kappa shape index (κ1) is 10.4. The SMILES string of the molecule is C=C(O)C(=N)c1cc(C)c(F)cc1C. The molecule has 0 amide bonds. The van der Waals surface area contributed by atoms with Gasteiger partial charge in [-0.1, -0.05) is 6.58 Å². The Labute approximate surface area is 82.2 Å². The second-order valence-corrected chi connectivity index (χ2v) is 3.24. The summed E-state index contributed by atoms with van der Waals surface area (Å²) in [4.78, 5) is 0. The Bertz CT molecular complexity index is 410. The van der Waals surface area contributed by atoms with Crippen LogP contribution in [0.25, 0.3) is 0 Å². The highest BCUT2D eigenvalue weighted by Crippen LogP contribution is 2.16. The van der Waals surface area contributed by atoms with Crippen molar-refractivity contribution in [2.75, 3.05) is 0 Å². The topological polar surface area (TPSA) is 44.1 Å². The smallest absolute Gasteiger partial charge is 0.133 e. The second kappa shape index (κ2) is 3.62. The number of hydrogen-bond acceptors (Lipinski definition) is 2. The number of hydrogen-bond donors (Lipinski definition) is 2. The minimum Gasteiger partial charge on any atom is -0.506 e. The molecule has 1 aromatic rings. The molecular formula is C11H12FNO. The van der Waals surface area contributed by atoms with Crippen LogP contribution in [0.2, 0.25) is 0 Å². The predicted molar refractivity (Wildman–Crippen MR) is 54.5 cm³/mol. The fraction of sp³-hybridized carbons (Fsp3) is 0.182. The van der Waals surface area contributed by atoms with Crippen molar-refractivity contribution in [1.29, 1.82) is 5.41 Å². The first-order valence-electron chi connectivity index (χ1n) is 4.17. The molecule has 1 rings (SSSR count). The van der Waals surface area contributed by atoms with Gasteiger partial charge in [-0.2, -0.15) is 0 Å². The zero-order chi connectivity index (χ0) is 10.9. The predicted octanol–water partition coefficient (Wildman–Crippen LogP) is 2.88. The van der Waals surface area contributed by atoms with Crippen molar-refractivity contribution in [1.82, 2.24) is 0 Å². The monoisotopic (exact) mass is 193 g/mol. The van der Waals surface area contributed by atoms with Crippen LogP contribution in [0, 0.1) is 25.1 Å². The summed E-state index contributed by atoms with van der Waals surface area (Å²) in [6, 6.07) is 2.89. The Morgan fingerprint density at radius 2 is 1.93 bits per heavy atom. The summed E-state index contributed by atoms with van der Waals surface area (Å²) in [5.41, 5.74) is 1.52. The molecule has 3 heteroatoms. The first-order valence-corrected chi connectivity index (χ1v) is 4.17. The summed E-state index contributed by atoms with van der Waals surface area (Å²) < 4.78 is 13.1. The number of nitrogens with one attached hydrogen (secondary N) is 1. The maximum Gasteiger partial charge on any atom is 0.133 e. The third-order valence-corrected chi connectivity index (χ3v) is 2.06. The van der Waals surface area contributed by atoms with Crippen LogP contribution < -0.4 is 0 Å². The van der Waals surface area contributed by atoms with E-state index in [2.05, 4.69) is 6.58 Å². The molecule has 0 spiro atoms. The van der Waals surface area contributed by atoms with Gasteiger partial charge in [0.25, 0.3) is 0 Å². The van der Waals surface area contributed by atoms with E-state index in [0.29, 0.717) is 16.7 Å². The van der Waals surface area contributed by atoms with E-state index in [9.17, 15) is 4.39 Å². The summed E-state index contributed by atoms with van der Waals surface area (Å²) in [6.45, 7) is 6.57. The minimum absolute atomic E-state index is 0.0643. The number of halogens is 1. The second-order valence-electron chi connectivity index (χ2n) is 3.24. The first-order chi connectivity index (χ1) is 6.43. The molecule has 0 aliphatic heterocycles. The number of allylic oxidation sites excluding steroid dienone is 1. The molecule has 0 unspecified atom stereocenters. The van der Waals surface area contributed by atoms with Crippen LogP contribution in [0.5, 0.6) is 0 Å². The van der Waals surface area contributed by atoms with Gasteiger partial charge in [0.05, 0.1) is 0 Å². The summed E-state index contributed by atoms with van der Waals surface area (Å²) in [5, 5.41) is 16.6. The van der Waals surface area contributed by atoms with E-state index in [-0.39, 0.29) is 17.3 Å². The molecule has 2 nitrogen and oxygen atoms in total. The van der Waals surface area contributed by atoms with Gasteiger partial charge in [-0.05, 0) is 37.1 Å². The molecule has 74 valence electrons. The van der Waals surface area contributed by atoms with E-state index < -0.39 is 0 Å². The number of rotatable bonds is 2. The lowest BCUT2D eigenvalue weighted by atomic mass is 10.0. The highest BCUT2D eigenvalue weighted by molar-refractivity contribution is 6.09. The third-order valence-electron chi connectivity index (χ3n) is 2.06. The van der Waals surface area contributed by atoms with Gasteiger partial charge in [0.15, 0.2) is 0 Å². The Morgan fingerprint density at radius 1 is 1.36 bits per heavy atom. The summed E-state index contributed by atoms with van der Waals surface area (Å²) in [6.07, 6.45) is 0. The standard InChI is InChI=1S/C11H12FNO/c1-6-5-10(12)7(2)4-9(6)11(13)8(3)14/h4-5,13-14H,3H2,1-2H3. The number of benzene rings is 1. The van der Waals surface area contributed by atoms with Crippen molar-refractivity contribution in [2.24, 2.45) is 0 Å². The minimum atomic E-state index is -0.306. The molecule has 0 atom stereocenters. The summed E-state index contributed by atoms with van der Waals surface area (Å²) in [5.74, 6) is -0.610. The van der Waals surface area contributed by atoms with E-state index in [1.54, 1.807) is 13.8 Å². The zero-order valence-corrected chi connectivity index (χ0v) is 8.19. The molecular weight excluding hydrogens is 181 g/mol. The molecule has 0 fully saturated rings. The van der Waals surface area contributed by atoms with Gasteiger partial charge in [-0.3, -0.25) is 5.41 Å². The quantitative estimate of drug-likeness (QED) is 0.550. The highest BCUT2D eigenvalue weighted by atomic mass is 19.1. The molecule has 1 aromatic carbocycles. The number of aryl methyl sites for hydroxylation is 2. The zero-order valence-electron chi connectivity index (χ0n) is 8.19. The molecule has 0 aliphatic rings. The van der Waals surface area contributed by atoms with Crippen LogP contribution in [-0.2, 0) is 0 Å². The Balaban J connectivity index is 3.29. The summed E-state index contributed by atoms with van der Waals surface area (Å²) >= 11 is 0. The normalized spacial score (nSPS) is 9.93. The average molecular weight is 193 g/mol. The van der Waals surface area contributed by atoms with E-state index in [0.717, 1.165) is 0 Å². The van der Waals surface area contributed by atoms with Gasteiger partial charge < -0.3 is 5.11 Å². The van der Waals surface area contributed by atoms with E-state index in [4.69, 9.17) is 10.5 Å². The molecule has 14 heavy (non-hydrogen) atoms. The van der Waals surface area contributed by atoms with Gasteiger partial charge in [0, 0.05) is 5.56 Å². The maximum absolute atomic E-state index is 13.1. The maximum atomic E-state index is 13.1. The van der Waals surface area contributed by atoms with Gasteiger partial charge in [0.1, 0.15) is 17.3 Å². The molecule has 0 radical (unpaired) electrons. The lowest BCUT2D eigenvalue weighted by Crippen LogP contribution is -2.05. The Hall–Kier alpha value is -1.64. The van der Waals surface area contributed by atoms with Crippen molar-refractivity contribution in [3.8, 4) is 0 Å². The van der Waals surface area contributed by atoms with Crippen molar-refractivity contribution < 1.29 is 9.50 Å². The summed E-state index contributed by atoms with van der Waals surface area (Å²) in [7, 11) is 0. The fourth-order valence-corrected chi connectivity index (χ4v) is 1.21. The Kier molecular flexibility index (Phi) is 2.70. The third kappa shape index (κ3) is 1.82. The molecule has 0 aromatic heterocycles. The number of aliphatic hydroxyl groups is 1. The molecule has 0 saturated heterocycles. The van der Waals surface area contributed by atoms with Gasteiger partial charge in [-0.15, -0.1) is 0 Å². The van der Waals surface area contributed by atoms with Gasteiger partial charge in [-0.25, -0.2) is 4.39 Å².